The lowest BCUT2D eigenvalue weighted by molar-refractivity contribution is 0.294. The fourth-order valence-electron chi connectivity index (χ4n) is 5.34. The first kappa shape index (κ1) is 14.7. The van der Waals surface area contributed by atoms with Crippen LogP contribution in [0.4, 0.5) is 0 Å². The highest BCUT2D eigenvalue weighted by atomic mass is 32.2. The van der Waals surface area contributed by atoms with Crippen molar-refractivity contribution in [2.45, 2.75) is 18.8 Å². The molecule has 1 saturated heterocycles. The molecule has 124 valence electrons. The van der Waals surface area contributed by atoms with E-state index in [-0.39, 0.29) is 5.75 Å². The van der Waals surface area contributed by atoms with Crippen molar-refractivity contribution in [2.75, 3.05) is 18.8 Å². The van der Waals surface area contributed by atoms with E-state index in [1.165, 1.54) is 22.3 Å². The molecule has 1 aliphatic heterocycles. The van der Waals surface area contributed by atoms with Gasteiger partial charge in [-0.25, -0.2) is 12.7 Å². The lowest BCUT2D eigenvalue weighted by Gasteiger charge is -2.47. The number of benzene rings is 2. The number of rotatable bonds is 2. The molecule has 2 aromatic rings. The number of nitrogens with zero attached hydrogens (tertiary/aromatic N) is 1. The predicted octanol–water partition coefficient (Wildman–Crippen LogP) is 3.18. The van der Waals surface area contributed by atoms with Gasteiger partial charge in [-0.3, -0.25) is 0 Å². The van der Waals surface area contributed by atoms with Crippen molar-refractivity contribution >= 4 is 10.0 Å². The Morgan fingerprint density at radius 2 is 1.21 bits per heavy atom. The SMILES string of the molecule is CCS(=O)(=O)N1C[C@H]2C3c4ccccc4C(c4ccccc43)[C@@H]2C1. The molecule has 0 aromatic heterocycles. The highest BCUT2D eigenvalue weighted by Crippen LogP contribution is 2.60. The zero-order chi connectivity index (χ0) is 16.5. The first-order valence-electron chi connectivity index (χ1n) is 8.77. The van der Waals surface area contributed by atoms with Crippen molar-refractivity contribution in [2.24, 2.45) is 11.8 Å². The topological polar surface area (TPSA) is 37.4 Å². The summed E-state index contributed by atoms with van der Waals surface area (Å²) in [4.78, 5) is 0. The molecular weight excluding hydrogens is 318 g/mol. The quantitative estimate of drug-likeness (QED) is 0.843. The Labute approximate surface area is 143 Å². The summed E-state index contributed by atoms with van der Waals surface area (Å²) < 4.78 is 26.7. The maximum absolute atomic E-state index is 12.5. The van der Waals surface area contributed by atoms with Crippen LogP contribution < -0.4 is 0 Å². The molecule has 0 amide bonds. The molecule has 4 heteroatoms. The summed E-state index contributed by atoms with van der Waals surface area (Å²) >= 11 is 0. The number of hydrogen-bond acceptors (Lipinski definition) is 2. The summed E-state index contributed by atoms with van der Waals surface area (Å²) in [5, 5.41) is 0. The molecule has 3 aliphatic carbocycles. The Bertz CT molecular complexity index is 815. The summed E-state index contributed by atoms with van der Waals surface area (Å²) in [6.07, 6.45) is 0. The van der Waals surface area contributed by atoms with Gasteiger partial charge < -0.3 is 0 Å². The molecule has 1 heterocycles. The van der Waals surface area contributed by atoms with Crippen LogP contribution in [0.3, 0.4) is 0 Å². The van der Waals surface area contributed by atoms with Gasteiger partial charge in [0, 0.05) is 24.9 Å². The van der Waals surface area contributed by atoms with Crippen LogP contribution in [0.2, 0.25) is 0 Å². The van der Waals surface area contributed by atoms with Crippen LogP contribution in [0.5, 0.6) is 0 Å². The van der Waals surface area contributed by atoms with E-state index in [1.54, 1.807) is 11.2 Å². The van der Waals surface area contributed by atoms with Crippen LogP contribution in [-0.4, -0.2) is 31.6 Å². The fourth-order valence-corrected chi connectivity index (χ4v) is 6.51. The van der Waals surface area contributed by atoms with Crippen molar-refractivity contribution in [3.8, 4) is 0 Å². The van der Waals surface area contributed by atoms with E-state index in [1.807, 2.05) is 0 Å². The van der Waals surface area contributed by atoms with Gasteiger partial charge in [0.25, 0.3) is 0 Å². The third-order valence-corrected chi connectivity index (χ3v) is 8.14. The van der Waals surface area contributed by atoms with Gasteiger partial charge in [-0.2, -0.15) is 0 Å². The highest BCUT2D eigenvalue weighted by Gasteiger charge is 2.54. The Morgan fingerprint density at radius 3 is 1.54 bits per heavy atom. The maximum atomic E-state index is 12.5. The van der Waals surface area contributed by atoms with E-state index in [4.69, 9.17) is 0 Å². The van der Waals surface area contributed by atoms with E-state index < -0.39 is 10.0 Å². The van der Waals surface area contributed by atoms with Crippen LogP contribution >= 0.6 is 0 Å². The summed E-state index contributed by atoms with van der Waals surface area (Å²) in [6, 6.07) is 17.5. The van der Waals surface area contributed by atoms with E-state index >= 15 is 0 Å². The van der Waals surface area contributed by atoms with E-state index in [9.17, 15) is 8.42 Å². The Morgan fingerprint density at radius 1 is 0.833 bits per heavy atom. The van der Waals surface area contributed by atoms with Crippen molar-refractivity contribution < 1.29 is 8.42 Å². The first-order chi connectivity index (χ1) is 11.6. The Kier molecular flexibility index (Phi) is 3.01. The highest BCUT2D eigenvalue weighted by molar-refractivity contribution is 7.89. The molecule has 0 saturated carbocycles. The van der Waals surface area contributed by atoms with Gasteiger partial charge in [0.2, 0.25) is 10.0 Å². The molecule has 0 spiro atoms. The molecule has 4 aliphatic rings. The normalized spacial score (nSPS) is 30.7. The van der Waals surface area contributed by atoms with Crippen molar-refractivity contribution in [1.29, 1.82) is 0 Å². The minimum Gasteiger partial charge on any atom is -0.212 e. The molecule has 0 radical (unpaired) electrons. The molecule has 0 unspecified atom stereocenters. The van der Waals surface area contributed by atoms with Gasteiger partial charge >= 0.3 is 0 Å². The average molecular weight is 339 g/mol. The van der Waals surface area contributed by atoms with Gasteiger partial charge in [-0.05, 0) is 41.0 Å². The third-order valence-electron chi connectivity index (χ3n) is 6.33. The van der Waals surface area contributed by atoms with Crippen LogP contribution in [0.15, 0.2) is 48.5 Å². The minimum absolute atomic E-state index is 0.196. The molecule has 6 rings (SSSR count). The van der Waals surface area contributed by atoms with E-state index in [0.717, 1.165) is 0 Å². The molecular formula is C20H21NO2S. The van der Waals surface area contributed by atoms with Crippen LogP contribution in [0, 0.1) is 11.8 Å². The monoisotopic (exact) mass is 339 g/mol. The maximum Gasteiger partial charge on any atom is 0.213 e. The molecule has 24 heavy (non-hydrogen) atoms. The van der Waals surface area contributed by atoms with Crippen molar-refractivity contribution in [3.05, 3.63) is 70.8 Å². The standard InChI is InChI=1S/C20H21NO2S/c1-2-24(22,23)21-11-17-18(12-21)20-14-8-4-3-7-13(14)19(17)15-9-5-6-10-16(15)20/h3-10,17-20H,2,11-12H2,1H3/t17-,18-,19?,20?/m1/s1. The molecule has 2 atom stereocenters. The lowest BCUT2D eigenvalue weighted by atomic mass is 9.55. The second-order valence-corrected chi connectivity index (χ2v) is 9.52. The lowest BCUT2D eigenvalue weighted by Crippen LogP contribution is -2.39. The average Bonchev–Trinajstić information content (AvgIpc) is 3.08. The van der Waals surface area contributed by atoms with E-state index in [0.29, 0.717) is 36.8 Å². The molecule has 0 N–H and O–H groups in total. The summed E-state index contributed by atoms with van der Waals surface area (Å²) in [5.41, 5.74) is 5.66. The van der Waals surface area contributed by atoms with Crippen molar-refractivity contribution in [1.82, 2.24) is 4.31 Å². The third kappa shape index (κ3) is 1.78. The van der Waals surface area contributed by atoms with Gasteiger partial charge in [-0.15, -0.1) is 0 Å². The molecule has 1 fully saturated rings. The van der Waals surface area contributed by atoms with Crippen LogP contribution in [0.1, 0.15) is 41.0 Å². The smallest absolute Gasteiger partial charge is 0.212 e. The summed E-state index contributed by atoms with van der Waals surface area (Å²) in [6.45, 7) is 3.09. The van der Waals surface area contributed by atoms with Gasteiger partial charge in [-0.1, -0.05) is 48.5 Å². The fraction of sp³-hybridized carbons (Fsp3) is 0.400. The molecule has 2 bridgehead atoms. The van der Waals surface area contributed by atoms with Gasteiger partial charge in [0.15, 0.2) is 0 Å². The first-order valence-corrected chi connectivity index (χ1v) is 10.4. The predicted molar refractivity (Wildman–Crippen MR) is 94.6 cm³/mol. The number of hydrogen-bond donors (Lipinski definition) is 0. The summed E-state index contributed by atoms with van der Waals surface area (Å²) in [5.74, 6) is 1.68. The van der Waals surface area contributed by atoms with Crippen molar-refractivity contribution in [3.63, 3.8) is 0 Å². The second kappa shape index (κ2) is 4.93. The zero-order valence-electron chi connectivity index (χ0n) is 13.7. The minimum atomic E-state index is -3.12. The summed E-state index contributed by atoms with van der Waals surface area (Å²) in [7, 11) is -3.12. The molecule has 2 aromatic carbocycles. The van der Waals surface area contributed by atoms with Crippen LogP contribution in [0.25, 0.3) is 0 Å². The largest absolute Gasteiger partial charge is 0.213 e. The second-order valence-electron chi connectivity index (χ2n) is 7.26. The number of sulfonamides is 1. The Balaban J connectivity index is 1.69. The van der Waals surface area contributed by atoms with E-state index in [2.05, 4.69) is 48.5 Å². The van der Waals surface area contributed by atoms with Crippen LogP contribution in [-0.2, 0) is 10.0 Å². The van der Waals surface area contributed by atoms with Gasteiger partial charge in [0.05, 0.1) is 5.75 Å². The Hall–Kier alpha value is -1.65. The van der Waals surface area contributed by atoms with Gasteiger partial charge in [0.1, 0.15) is 0 Å². The zero-order valence-corrected chi connectivity index (χ0v) is 14.5. The molecule has 3 nitrogen and oxygen atoms in total.